The lowest BCUT2D eigenvalue weighted by molar-refractivity contribution is 0.453. The Morgan fingerprint density at radius 3 is 2.59 bits per heavy atom. The van der Waals surface area contributed by atoms with Gasteiger partial charge in [-0.2, -0.15) is 0 Å². The van der Waals surface area contributed by atoms with Crippen LogP contribution in [-0.4, -0.2) is 20.3 Å². The lowest BCUT2D eigenvalue weighted by Crippen LogP contribution is -1.82. The summed E-state index contributed by atoms with van der Waals surface area (Å²) in [5, 5.41) is 30.6. The molecule has 2 heterocycles. The van der Waals surface area contributed by atoms with Gasteiger partial charge in [0.25, 0.3) is 0 Å². The van der Waals surface area contributed by atoms with Gasteiger partial charge in [0.15, 0.2) is 0 Å². The zero-order valence-corrected chi connectivity index (χ0v) is 11.3. The van der Waals surface area contributed by atoms with Crippen LogP contribution < -0.4 is 0 Å². The Labute approximate surface area is 124 Å². The number of furan rings is 1. The molecule has 4 rings (SSSR count). The van der Waals surface area contributed by atoms with Gasteiger partial charge in [0.05, 0.1) is 5.39 Å². The van der Waals surface area contributed by atoms with Crippen molar-refractivity contribution < 1.29 is 19.7 Å². The van der Waals surface area contributed by atoms with E-state index in [1.807, 2.05) is 6.07 Å². The first kappa shape index (κ1) is 12.5. The fraction of sp³-hybridized carbons (Fsp3) is 0. The molecule has 0 atom stereocenters. The minimum absolute atomic E-state index is 0.0498. The van der Waals surface area contributed by atoms with Crippen LogP contribution in [-0.2, 0) is 0 Å². The zero-order valence-electron chi connectivity index (χ0n) is 11.3. The predicted molar refractivity (Wildman–Crippen MR) is 81.9 cm³/mol. The Morgan fingerprint density at radius 1 is 0.864 bits per heavy atom. The van der Waals surface area contributed by atoms with E-state index < -0.39 is 0 Å². The SMILES string of the molecule is Oc1cc(O)c2cc(-c3ccc(O)c4ncccc34)oc2c1. The average Bonchev–Trinajstić information content (AvgIpc) is 2.92. The summed E-state index contributed by atoms with van der Waals surface area (Å²) >= 11 is 0. The molecule has 108 valence electrons. The molecule has 0 saturated heterocycles. The van der Waals surface area contributed by atoms with E-state index in [4.69, 9.17) is 4.42 Å². The van der Waals surface area contributed by atoms with E-state index in [0.29, 0.717) is 22.2 Å². The third kappa shape index (κ3) is 1.76. The summed E-state index contributed by atoms with van der Waals surface area (Å²) in [6.45, 7) is 0. The van der Waals surface area contributed by atoms with Crippen molar-refractivity contribution in [1.82, 2.24) is 4.98 Å². The first-order chi connectivity index (χ1) is 10.6. The monoisotopic (exact) mass is 293 g/mol. The molecule has 3 N–H and O–H groups in total. The maximum absolute atomic E-state index is 9.90. The third-order valence-electron chi connectivity index (χ3n) is 3.61. The van der Waals surface area contributed by atoms with E-state index in [1.54, 1.807) is 30.5 Å². The molecular weight excluding hydrogens is 282 g/mol. The number of hydrogen-bond acceptors (Lipinski definition) is 5. The molecule has 0 radical (unpaired) electrons. The molecular formula is C17H11NO4. The quantitative estimate of drug-likeness (QED) is 0.497. The molecule has 0 bridgehead atoms. The zero-order chi connectivity index (χ0) is 15.3. The fourth-order valence-electron chi connectivity index (χ4n) is 2.61. The van der Waals surface area contributed by atoms with E-state index in [9.17, 15) is 15.3 Å². The standard InChI is InChI=1S/C17H11NO4/c19-9-6-14(21)12-8-16(22-15(12)7-9)10-3-4-13(20)17-11(10)2-1-5-18-17/h1-8,19-21H. The van der Waals surface area contributed by atoms with Gasteiger partial charge < -0.3 is 19.7 Å². The van der Waals surface area contributed by atoms with Crippen molar-refractivity contribution in [3.8, 4) is 28.6 Å². The molecule has 2 aromatic heterocycles. The molecule has 22 heavy (non-hydrogen) atoms. The van der Waals surface area contributed by atoms with E-state index >= 15 is 0 Å². The lowest BCUT2D eigenvalue weighted by atomic mass is 10.1. The average molecular weight is 293 g/mol. The van der Waals surface area contributed by atoms with Crippen LogP contribution in [0.1, 0.15) is 0 Å². The topological polar surface area (TPSA) is 86.7 Å². The van der Waals surface area contributed by atoms with E-state index in [2.05, 4.69) is 4.98 Å². The van der Waals surface area contributed by atoms with Gasteiger partial charge in [-0.3, -0.25) is 4.98 Å². The van der Waals surface area contributed by atoms with Gasteiger partial charge in [-0.05, 0) is 24.3 Å². The van der Waals surface area contributed by atoms with E-state index in [0.717, 1.165) is 10.9 Å². The van der Waals surface area contributed by atoms with E-state index in [1.165, 1.54) is 12.1 Å². The number of nitrogens with zero attached hydrogens (tertiary/aromatic N) is 1. The van der Waals surface area contributed by atoms with Crippen molar-refractivity contribution >= 4 is 21.9 Å². The number of benzene rings is 2. The van der Waals surface area contributed by atoms with Gasteiger partial charge in [-0.1, -0.05) is 6.07 Å². The second-order valence-corrected chi connectivity index (χ2v) is 5.02. The van der Waals surface area contributed by atoms with Crippen LogP contribution in [0.5, 0.6) is 17.2 Å². The number of pyridine rings is 1. The van der Waals surface area contributed by atoms with Crippen LogP contribution in [0.15, 0.2) is 53.1 Å². The highest BCUT2D eigenvalue weighted by Gasteiger charge is 2.14. The van der Waals surface area contributed by atoms with Gasteiger partial charge in [-0.25, -0.2) is 0 Å². The van der Waals surface area contributed by atoms with Gasteiger partial charge in [-0.15, -0.1) is 0 Å². The van der Waals surface area contributed by atoms with Crippen LogP contribution in [0.4, 0.5) is 0 Å². The molecule has 0 fully saturated rings. The van der Waals surface area contributed by atoms with Crippen molar-refractivity contribution in [2.75, 3.05) is 0 Å². The van der Waals surface area contributed by atoms with Crippen molar-refractivity contribution in [1.29, 1.82) is 0 Å². The Hall–Kier alpha value is -3.21. The van der Waals surface area contributed by atoms with Crippen LogP contribution >= 0.6 is 0 Å². The van der Waals surface area contributed by atoms with Crippen molar-refractivity contribution in [3.05, 3.63) is 48.7 Å². The third-order valence-corrected chi connectivity index (χ3v) is 3.61. The molecule has 0 spiro atoms. The minimum atomic E-state index is -0.0665. The van der Waals surface area contributed by atoms with Gasteiger partial charge in [0, 0.05) is 29.3 Å². The minimum Gasteiger partial charge on any atom is -0.508 e. The summed E-state index contributed by atoms with van der Waals surface area (Å²) in [6.07, 6.45) is 1.61. The largest absolute Gasteiger partial charge is 0.508 e. The second-order valence-electron chi connectivity index (χ2n) is 5.02. The van der Waals surface area contributed by atoms with Crippen LogP contribution in [0.2, 0.25) is 0 Å². The Balaban J connectivity index is 2.04. The summed E-state index contributed by atoms with van der Waals surface area (Å²) in [7, 11) is 0. The highest BCUT2D eigenvalue weighted by atomic mass is 16.3. The molecule has 0 aliphatic heterocycles. The molecule has 0 aliphatic carbocycles. The number of fused-ring (bicyclic) bond motifs is 2. The molecule has 5 heteroatoms. The highest BCUT2D eigenvalue weighted by molar-refractivity contribution is 5.99. The first-order valence-electron chi connectivity index (χ1n) is 6.66. The Bertz CT molecular complexity index is 1020. The number of phenolic OH excluding ortho intramolecular Hbond substituents is 3. The molecule has 2 aromatic carbocycles. The first-order valence-corrected chi connectivity index (χ1v) is 6.66. The molecule has 0 aliphatic rings. The van der Waals surface area contributed by atoms with Gasteiger partial charge in [0.2, 0.25) is 0 Å². The fourth-order valence-corrected chi connectivity index (χ4v) is 2.61. The summed E-state index contributed by atoms with van der Waals surface area (Å²) in [5.74, 6) is 0.499. The van der Waals surface area contributed by atoms with E-state index in [-0.39, 0.29) is 17.2 Å². The summed E-state index contributed by atoms with van der Waals surface area (Å²) < 4.78 is 5.73. The summed E-state index contributed by atoms with van der Waals surface area (Å²) in [6, 6.07) is 11.3. The van der Waals surface area contributed by atoms with Crippen LogP contribution in [0.3, 0.4) is 0 Å². The normalized spacial score (nSPS) is 11.3. The highest BCUT2D eigenvalue weighted by Crippen LogP contribution is 2.39. The maximum Gasteiger partial charge on any atom is 0.142 e. The Morgan fingerprint density at radius 2 is 1.73 bits per heavy atom. The number of hydrogen-bond donors (Lipinski definition) is 3. The van der Waals surface area contributed by atoms with Crippen molar-refractivity contribution in [3.63, 3.8) is 0 Å². The maximum atomic E-state index is 9.90. The number of rotatable bonds is 1. The lowest BCUT2D eigenvalue weighted by Gasteiger charge is -2.04. The van der Waals surface area contributed by atoms with Crippen LogP contribution in [0, 0.1) is 0 Å². The Kier molecular flexibility index (Phi) is 2.50. The summed E-state index contributed by atoms with van der Waals surface area (Å²) in [5.41, 5.74) is 1.61. The van der Waals surface area contributed by atoms with Crippen LogP contribution in [0.25, 0.3) is 33.2 Å². The molecule has 0 saturated carbocycles. The number of aromatic nitrogens is 1. The number of aromatic hydroxyl groups is 3. The molecule has 0 amide bonds. The smallest absolute Gasteiger partial charge is 0.142 e. The molecule has 0 unspecified atom stereocenters. The number of phenols is 3. The van der Waals surface area contributed by atoms with Gasteiger partial charge >= 0.3 is 0 Å². The van der Waals surface area contributed by atoms with Crippen molar-refractivity contribution in [2.24, 2.45) is 0 Å². The molecule has 5 nitrogen and oxygen atoms in total. The second kappa shape index (κ2) is 4.39. The summed E-state index contributed by atoms with van der Waals surface area (Å²) in [4.78, 5) is 4.17. The van der Waals surface area contributed by atoms with Gasteiger partial charge in [0.1, 0.15) is 34.1 Å². The predicted octanol–water partition coefficient (Wildman–Crippen LogP) is 3.76. The van der Waals surface area contributed by atoms with Crippen molar-refractivity contribution in [2.45, 2.75) is 0 Å². The molecule has 4 aromatic rings.